The van der Waals surface area contributed by atoms with Gasteiger partial charge in [-0.25, -0.2) is 0 Å². The van der Waals surface area contributed by atoms with Gasteiger partial charge in [0.15, 0.2) is 5.96 Å². The number of likely N-dealkylation sites (N-methyl/N-ethyl adjacent to an activating group) is 1. The third kappa shape index (κ3) is 6.47. The minimum absolute atomic E-state index is 0. The molecular weight excluding hydrogens is 393 g/mol. The fourth-order valence-electron chi connectivity index (χ4n) is 1.71. The highest BCUT2D eigenvalue weighted by molar-refractivity contribution is 14.0. The van der Waals surface area contributed by atoms with Gasteiger partial charge in [-0.05, 0) is 27.9 Å². The molecule has 128 valence electrons. The molecule has 0 saturated carbocycles. The van der Waals surface area contributed by atoms with Crippen LogP contribution in [0.25, 0.3) is 0 Å². The molecule has 0 fully saturated rings. The van der Waals surface area contributed by atoms with Crippen molar-refractivity contribution < 1.29 is 0 Å². The fraction of sp³-hybridized carbons (Fsp3) is 0.786. The number of halogens is 1. The van der Waals surface area contributed by atoms with Gasteiger partial charge in [-0.3, -0.25) is 4.99 Å². The van der Waals surface area contributed by atoms with Crippen LogP contribution in [0.15, 0.2) is 11.3 Å². The van der Waals surface area contributed by atoms with E-state index in [4.69, 9.17) is 0 Å². The molecule has 0 aliphatic heterocycles. The van der Waals surface area contributed by atoms with E-state index in [1.54, 1.807) is 13.4 Å². The largest absolute Gasteiger partial charge is 0.355 e. The maximum absolute atomic E-state index is 4.25. The van der Waals surface area contributed by atoms with Crippen molar-refractivity contribution in [2.75, 3.05) is 34.2 Å². The Morgan fingerprint density at radius 1 is 1.36 bits per heavy atom. The van der Waals surface area contributed by atoms with Crippen LogP contribution in [0, 0.1) is 0 Å². The molecule has 2 N–H and O–H groups in total. The van der Waals surface area contributed by atoms with E-state index in [1.807, 2.05) is 0 Å². The van der Waals surface area contributed by atoms with Crippen LogP contribution in [0.3, 0.4) is 0 Å². The zero-order valence-electron chi connectivity index (χ0n) is 14.6. The second-order valence-corrected chi connectivity index (χ2v) is 5.85. The zero-order valence-corrected chi connectivity index (χ0v) is 16.9. The van der Waals surface area contributed by atoms with Crippen LogP contribution >= 0.6 is 24.0 Å². The second kappa shape index (κ2) is 9.98. The zero-order chi connectivity index (χ0) is 15.9. The molecule has 0 saturated heterocycles. The summed E-state index contributed by atoms with van der Waals surface area (Å²) in [4.78, 5) is 6.44. The first-order chi connectivity index (χ1) is 9.90. The molecule has 0 aliphatic rings. The summed E-state index contributed by atoms with van der Waals surface area (Å²) in [6.07, 6.45) is 2.66. The Kier molecular flexibility index (Phi) is 9.58. The van der Waals surface area contributed by atoms with Crippen molar-refractivity contribution >= 4 is 29.9 Å². The van der Waals surface area contributed by atoms with Gasteiger partial charge in [0.2, 0.25) is 0 Å². The smallest absolute Gasteiger partial charge is 0.191 e. The third-order valence-electron chi connectivity index (χ3n) is 3.78. The standard InChI is InChI=1S/C14H29N7.HI/c1-7-12-19-18-11-21(12)9-8-16-13(15-4)17-10-14(2,3)20(5)6;/h11H,7-10H2,1-6H3,(H2,15,16,17);1H. The number of aromatic nitrogens is 3. The molecule has 1 heterocycles. The molecular formula is C14H30IN7. The van der Waals surface area contributed by atoms with E-state index in [9.17, 15) is 0 Å². The van der Waals surface area contributed by atoms with E-state index in [0.29, 0.717) is 0 Å². The summed E-state index contributed by atoms with van der Waals surface area (Å²) in [5, 5.41) is 14.7. The lowest BCUT2D eigenvalue weighted by atomic mass is 10.0. The normalized spacial score (nSPS) is 12.2. The summed E-state index contributed by atoms with van der Waals surface area (Å²) in [5.41, 5.74) is 0.0707. The molecule has 22 heavy (non-hydrogen) atoms. The maximum atomic E-state index is 4.25. The molecule has 1 rings (SSSR count). The lowest BCUT2D eigenvalue weighted by Gasteiger charge is -2.33. The van der Waals surface area contributed by atoms with Crippen LogP contribution in [0.5, 0.6) is 0 Å². The average Bonchev–Trinajstić information content (AvgIpc) is 2.89. The van der Waals surface area contributed by atoms with Crippen LogP contribution < -0.4 is 10.6 Å². The van der Waals surface area contributed by atoms with E-state index < -0.39 is 0 Å². The number of aryl methyl sites for hydroxylation is 1. The Bertz CT molecular complexity index is 454. The van der Waals surface area contributed by atoms with Gasteiger partial charge in [0.1, 0.15) is 12.2 Å². The monoisotopic (exact) mass is 423 g/mol. The van der Waals surface area contributed by atoms with Crippen molar-refractivity contribution in [2.45, 2.75) is 39.3 Å². The number of nitrogens with one attached hydrogen (secondary N) is 2. The van der Waals surface area contributed by atoms with Crippen LogP contribution in [0.2, 0.25) is 0 Å². The molecule has 1 aromatic rings. The highest BCUT2D eigenvalue weighted by Crippen LogP contribution is 2.07. The average molecular weight is 423 g/mol. The highest BCUT2D eigenvalue weighted by Gasteiger charge is 2.20. The predicted molar refractivity (Wildman–Crippen MR) is 102 cm³/mol. The number of guanidine groups is 1. The van der Waals surface area contributed by atoms with Gasteiger partial charge in [-0.1, -0.05) is 6.92 Å². The van der Waals surface area contributed by atoms with Crippen LogP contribution in [-0.4, -0.2) is 65.4 Å². The van der Waals surface area contributed by atoms with Gasteiger partial charge < -0.3 is 20.1 Å². The summed E-state index contributed by atoms with van der Waals surface area (Å²) in [6, 6.07) is 0. The first-order valence-corrected chi connectivity index (χ1v) is 7.39. The summed E-state index contributed by atoms with van der Waals surface area (Å²) in [5.74, 6) is 1.82. The molecule has 0 amide bonds. The maximum Gasteiger partial charge on any atom is 0.191 e. The van der Waals surface area contributed by atoms with E-state index in [-0.39, 0.29) is 29.5 Å². The van der Waals surface area contributed by atoms with Crippen molar-refractivity contribution in [1.29, 1.82) is 0 Å². The molecule has 0 spiro atoms. The molecule has 0 bridgehead atoms. The van der Waals surface area contributed by atoms with E-state index in [2.05, 4.69) is 70.2 Å². The van der Waals surface area contributed by atoms with Gasteiger partial charge in [0, 0.05) is 38.6 Å². The lowest BCUT2D eigenvalue weighted by molar-refractivity contribution is 0.197. The second-order valence-electron chi connectivity index (χ2n) is 5.85. The van der Waals surface area contributed by atoms with Crippen molar-refractivity contribution in [3.05, 3.63) is 12.2 Å². The van der Waals surface area contributed by atoms with Crippen molar-refractivity contribution in [1.82, 2.24) is 30.3 Å². The van der Waals surface area contributed by atoms with Gasteiger partial charge in [-0.2, -0.15) is 0 Å². The van der Waals surface area contributed by atoms with Gasteiger partial charge >= 0.3 is 0 Å². The number of rotatable bonds is 7. The number of aliphatic imine (C=N–C) groups is 1. The molecule has 0 aliphatic carbocycles. The molecule has 0 aromatic carbocycles. The highest BCUT2D eigenvalue weighted by atomic mass is 127. The van der Waals surface area contributed by atoms with Gasteiger partial charge in [0.05, 0.1) is 0 Å². The first kappa shape index (κ1) is 21.1. The fourth-order valence-corrected chi connectivity index (χ4v) is 1.71. The number of nitrogens with zero attached hydrogens (tertiary/aromatic N) is 5. The summed E-state index contributed by atoms with van der Waals surface area (Å²) in [7, 11) is 5.95. The molecule has 0 radical (unpaired) electrons. The third-order valence-corrected chi connectivity index (χ3v) is 3.78. The van der Waals surface area contributed by atoms with Crippen LogP contribution in [0.1, 0.15) is 26.6 Å². The first-order valence-electron chi connectivity index (χ1n) is 7.39. The quantitative estimate of drug-likeness (QED) is 0.389. The molecule has 1 aromatic heterocycles. The Morgan fingerprint density at radius 3 is 2.59 bits per heavy atom. The summed E-state index contributed by atoms with van der Waals surface area (Å²) < 4.78 is 2.06. The minimum Gasteiger partial charge on any atom is -0.355 e. The number of hydrogen-bond donors (Lipinski definition) is 2. The molecule has 7 nitrogen and oxygen atoms in total. The summed E-state index contributed by atoms with van der Waals surface area (Å²) in [6.45, 7) is 8.90. The van der Waals surface area contributed by atoms with Crippen molar-refractivity contribution in [2.24, 2.45) is 4.99 Å². The Hall–Kier alpha value is -0.900. The van der Waals surface area contributed by atoms with Gasteiger partial charge in [-0.15, -0.1) is 34.2 Å². The lowest BCUT2D eigenvalue weighted by Crippen LogP contribution is -2.51. The SMILES string of the molecule is CCc1nncn1CCNC(=NC)NCC(C)(C)N(C)C.I. The van der Waals surface area contributed by atoms with Crippen molar-refractivity contribution in [3.8, 4) is 0 Å². The van der Waals surface area contributed by atoms with Crippen LogP contribution in [0.4, 0.5) is 0 Å². The predicted octanol–water partition coefficient (Wildman–Crippen LogP) is 0.964. The van der Waals surface area contributed by atoms with E-state index in [1.165, 1.54) is 0 Å². The van der Waals surface area contributed by atoms with Gasteiger partial charge in [0.25, 0.3) is 0 Å². The number of hydrogen-bond acceptors (Lipinski definition) is 4. The molecule has 0 atom stereocenters. The molecule has 8 heteroatoms. The van der Waals surface area contributed by atoms with Crippen molar-refractivity contribution in [3.63, 3.8) is 0 Å². The Labute approximate surface area is 151 Å². The Balaban J connectivity index is 0.00000441. The van der Waals surface area contributed by atoms with Crippen LogP contribution in [-0.2, 0) is 13.0 Å². The minimum atomic E-state index is 0. The summed E-state index contributed by atoms with van der Waals surface area (Å²) >= 11 is 0. The Morgan fingerprint density at radius 2 is 2.05 bits per heavy atom. The molecule has 0 unspecified atom stereocenters. The topological polar surface area (TPSA) is 70.4 Å². The van der Waals surface area contributed by atoms with E-state index >= 15 is 0 Å². The van der Waals surface area contributed by atoms with E-state index in [0.717, 1.165) is 37.8 Å².